The predicted octanol–water partition coefficient (Wildman–Crippen LogP) is 13.3. The first-order valence-corrected chi connectivity index (χ1v) is 20.3. The minimum atomic E-state index is 0.748. The van der Waals surface area contributed by atoms with Crippen LogP contribution in [0.1, 0.15) is 150 Å². The second-order valence-electron chi connectivity index (χ2n) is 17.0. The molecule has 50 heavy (non-hydrogen) atoms. The van der Waals surface area contributed by atoms with Gasteiger partial charge in [0.15, 0.2) is 0 Å². The van der Waals surface area contributed by atoms with E-state index < -0.39 is 0 Å². The van der Waals surface area contributed by atoms with Crippen molar-refractivity contribution in [1.29, 1.82) is 0 Å². The van der Waals surface area contributed by atoms with Gasteiger partial charge in [0, 0.05) is 11.9 Å². The third kappa shape index (κ3) is 9.77. The van der Waals surface area contributed by atoms with E-state index in [1.807, 2.05) is 6.20 Å². The fourth-order valence-electron chi connectivity index (χ4n) is 9.17. The van der Waals surface area contributed by atoms with Gasteiger partial charge in [-0.3, -0.25) is 4.98 Å². The topological polar surface area (TPSA) is 12.9 Å². The molecule has 4 aliphatic carbocycles. The molecule has 0 saturated carbocycles. The quantitative estimate of drug-likeness (QED) is 0.211. The van der Waals surface area contributed by atoms with E-state index >= 15 is 0 Å². The van der Waals surface area contributed by atoms with Crippen LogP contribution in [-0.2, 0) is 32.1 Å². The Kier molecular flexibility index (Phi) is 14.0. The average molecular weight is 670 g/mol. The van der Waals surface area contributed by atoms with E-state index in [-0.39, 0.29) is 0 Å². The molecular weight excluding hydrogens is 603 g/mol. The Labute approximate surface area is 306 Å². The first kappa shape index (κ1) is 38.1. The summed E-state index contributed by atoms with van der Waals surface area (Å²) in [5.41, 5.74) is 12.4. The van der Waals surface area contributed by atoms with E-state index in [9.17, 15) is 0 Å². The summed E-state index contributed by atoms with van der Waals surface area (Å²) in [6.07, 6.45) is 15.1. The fraction of sp³-hybridized carbons (Fsp3) is 0.531. The SMILES string of the molecule is CC(C)C1CCCc2ccccc21.CC(C)C1CCCc2ncccc21.CC(C)C1CCc2ccccc21.CC(C)C1Cc2ccccc2C1. The summed E-state index contributed by atoms with van der Waals surface area (Å²) in [7, 11) is 0. The molecule has 4 aliphatic rings. The number of hydrogen-bond donors (Lipinski definition) is 0. The minimum absolute atomic E-state index is 0.748. The molecule has 0 bridgehead atoms. The smallest absolute Gasteiger partial charge is 0.0438 e. The molecule has 1 aromatic heterocycles. The van der Waals surface area contributed by atoms with Crippen molar-refractivity contribution < 1.29 is 0 Å². The monoisotopic (exact) mass is 670 g/mol. The highest BCUT2D eigenvalue weighted by Gasteiger charge is 2.25. The lowest BCUT2D eigenvalue weighted by molar-refractivity contribution is 0.404. The van der Waals surface area contributed by atoms with Gasteiger partial charge in [-0.15, -0.1) is 0 Å². The summed E-state index contributed by atoms with van der Waals surface area (Å²) in [5, 5.41) is 0. The Morgan fingerprint density at radius 3 is 1.42 bits per heavy atom. The zero-order valence-corrected chi connectivity index (χ0v) is 32.8. The Bertz CT molecular complexity index is 1520. The van der Waals surface area contributed by atoms with Gasteiger partial charge >= 0.3 is 0 Å². The average Bonchev–Trinajstić information content (AvgIpc) is 3.77. The van der Waals surface area contributed by atoms with Crippen LogP contribution in [0.25, 0.3) is 0 Å². The van der Waals surface area contributed by atoms with Crippen molar-refractivity contribution in [2.75, 3.05) is 0 Å². The number of fused-ring (bicyclic) bond motifs is 4. The van der Waals surface area contributed by atoms with Gasteiger partial charge in [-0.25, -0.2) is 0 Å². The highest BCUT2D eigenvalue weighted by Crippen LogP contribution is 2.39. The zero-order chi connectivity index (χ0) is 35.6. The van der Waals surface area contributed by atoms with Gasteiger partial charge in [0.25, 0.3) is 0 Å². The Hall–Kier alpha value is -3.19. The molecule has 0 N–H and O–H groups in total. The lowest BCUT2D eigenvalue weighted by atomic mass is 9.77. The van der Waals surface area contributed by atoms with Crippen molar-refractivity contribution in [2.45, 2.75) is 137 Å². The highest BCUT2D eigenvalue weighted by atomic mass is 14.7. The van der Waals surface area contributed by atoms with Crippen LogP contribution >= 0.6 is 0 Å². The van der Waals surface area contributed by atoms with Gasteiger partial charge < -0.3 is 0 Å². The number of nitrogens with zero attached hydrogens (tertiary/aromatic N) is 1. The van der Waals surface area contributed by atoms with Crippen molar-refractivity contribution in [1.82, 2.24) is 4.98 Å². The largest absolute Gasteiger partial charge is 0.261 e. The molecule has 3 atom stereocenters. The normalized spacial score (nSPS) is 20.4. The first-order chi connectivity index (χ1) is 24.1. The van der Waals surface area contributed by atoms with Gasteiger partial charge in [0.2, 0.25) is 0 Å². The minimum Gasteiger partial charge on any atom is -0.261 e. The first-order valence-electron chi connectivity index (χ1n) is 20.3. The number of hydrogen-bond acceptors (Lipinski definition) is 1. The van der Waals surface area contributed by atoms with E-state index in [0.29, 0.717) is 0 Å². The molecule has 268 valence electrons. The number of pyridine rings is 1. The fourth-order valence-corrected chi connectivity index (χ4v) is 9.17. The van der Waals surface area contributed by atoms with Gasteiger partial charge in [-0.1, -0.05) is 134 Å². The van der Waals surface area contributed by atoms with E-state index in [0.717, 1.165) is 47.3 Å². The van der Waals surface area contributed by atoms with Crippen LogP contribution in [-0.4, -0.2) is 4.98 Å². The molecule has 1 heterocycles. The molecule has 3 aromatic carbocycles. The molecule has 0 fully saturated rings. The second kappa shape index (κ2) is 18.3. The maximum atomic E-state index is 4.45. The number of aryl methyl sites for hydroxylation is 3. The maximum absolute atomic E-state index is 4.45. The summed E-state index contributed by atoms with van der Waals surface area (Å²) < 4.78 is 0. The van der Waals surface area contributed by atoms with Crippen molar-refractivity contribution in [2.24, 2.45) is 29.6 Å². The van der Waals surface area contributed by atoms with Crippen LogP contribution in [0, 0.1) is 29.6 Å². The van der Waals surface area contributed by atoms with Gasteiger partial charge in [0.1, 0.15) is 0 Å². The summed E-state index contributed by atoms with van der Waals surface area (Å²) in [5.74, 6) is 6.45. The summed E-state index contributed by atoms with van der Waals surface area (Å²) >= 11 is 0. The lowest BCUT2D eigenvalue weighted by Crippen LogP contribution is -2.15. The highest BCUT2D eigenvalue weighted by molar-refractivity contribution is 5.35. The van der Waals surface area contributed by atoms with Crippen LogP contribution in [0.15, 0.2) is 91.1 Å². The third-order valence-electron chi connectivity index (χ3n) is 12.3. The van der Waals surface area contributed by atoms with Crippen molar-refractivity contribution in [3.05, 3.63) is 136 Å². The number of benzene rings is 3. The summed E-state index contributed by atoms with van der Waals surface area (Å²) in [4.78, 5) is 4.45. The van der Waals surface area contributed by atoms with Crippen molar-refractivity contribution in [3.8, 4) is 0 Å². The molecular formula is C49H67N. The molecule has 0 saturated heterocycles. The van der Waals surface area contributed by atoms with Crippen LogP contribution in [0.5, 0.6) is 0 Å². The van der Waals surface area contributed by atoms with E-state index in [1.165, 1.54) is 75.5 Å². The van der Waals surface area contributed by atoms with Crippen LogP contribution < -0.4 is 0 Å². The van der Waals surface area contributed by atoms with Gasteiger partial charge in [-0.05, 0) is 157 Å². The van der Waals surface area contributed by atoms with Crippen LogP contribution in [0.2, 0.25) is 0 Å². The van der Waals surface area contributed by atoms with Gasteiger partial charge in [-0.2, -0.15) is 0 Å². The predicted molar refractivity (Wildman–Crippen MR) is 216 cm³/mol. The molecule has 0 amide bonds. The molecule has 0 aliphatic heterocycles. The summed E-state index contributed by atoms with van der Waals surface area (Å²) in [6, 6.07) is 31.0. The van der Waals surface area contributed by atoms with Crippen LogP contribution in [0.4, 0.5) is 0 Å². The zero-order valence-electron chi connectivity index (χ0n) is 32.8. The summed E-state index contributed by atoms with van der Waals surface area (Å²) in [6.45, 7) is 18.6. The molecule has 1 heteroatoms. The van der Waals surface area contributed by atoms with Crippen molar-refractivity contribution >= 4 is 0 Å². The van der Waals surface area contributed by atoms with E-state index in [1.54, 1.807) is 33.4 Å². The second-order valence-corrected chi connectivity index (χ2v) is 17.0. The Balaban J connectivity index is 0.000000130. The molecule has 3 unspecified atom stereocenters. The van der Waals surface area contributed by atoms with E-state index in [2.05, 4.69) is 145 Å². The maximum Gasteiger partial charge on any atom is 0.0438 e. The lowest BCUT2D eigenvalue weighted by Gasteiger charge is -2.28. The Morgan fingerprint density at radius 1 is 0.440 bits per heavy atom. The van der Waals surface area contributed by atoms with Gasteiger partial charge in [0.05, 0.1) is 0 Å². The standard InChI is InChI=1S/C13H18.C12H17N.2C12H16/c1-10(2)12-9-5-7-11-6-3-4-8-13(11)12;1-9(2)10-5-3-7-12-11(10)6-4-8-13-12;1-9(2)12-7-10-5-3-4-6-11(10)8-12;1-9(2)11-8-7-10-5-3-4-6-12(10)11/h3-4,6,8,10,12H,5,7,9H2,1-2H3;4,6,8-10H,3,5,7H2,1-2H3;3-6,9,12H,7-8H2,1-2H3;3-6,9,11H,7-8H2,1-2H3. The Morgan fingerprint density at radius 2 is 0.880 bits per heavy atom. The molecule has 1 nitrogen and oxygen atoms in total. The number of rotatable bonds is 4. The molecule has 8 rings (SSSR count). The van der Waals surface area contributed by atoms with Crippen molar-refractivity contribution in [3.63, 3.8) is 0 Å². The molecule has 0 radical (unpaired) electrons. The number of aromatic nitrogens is 1. The van der Waals surface area contributed by atoms with E-state index in [4.69, 9.17) is 0 Å². The van der Waals surface area contributed by atoms with Crippen LogP contribution in [0.3, 0.4) is 0 Å². The molecule has 4 aromatic rings. The third-order valence-corrected chi connectivity index (χ3v) is 12.3. The molecule has 0 spiro atoms.